The molecule has 0 fully saturated rings. The number of hydrogen-bond acceptors (Lipinski definition) is 7. The normalized spacial score (nSPS) is 10.6. The Morgan fingerprint density at radius 3 is 2.18 bits per heavy atom. The Morgan fingerprint density at radius 2 is 1.59 bits per heavy atom. The minimum Gasteiger partial charge on any atom is -0.493 e. The van der Waals surface area contributed by atoms with Crippen molar-refractivity contribution in [3.8, 4) is 17.2 Å². The summed E-state index contributed by atoms with van der Waals surface area (Å²) in [6, 6.07) is 11.3. The Kier molecular flexibility index (Phi) is 7.97. The number of nitrogens with zero attached hydrogens (tertiary/aromatic N) is 1. The minimum atomic E-state index is -0.243. The predicted octanol–water partition coefficient (Wildman–Crippen LogP) is 5.16. The molecule has 0 bridgehead atoms. The van der Waals surface area contributed by atoms with E-state index in [2.05, 4.69) is 20.9 Å². The molecule has 178 valence electrons. The van der Waals surface area contributed by atoms with Gasteiger partial charge in [0.1, 0.15) is 5.82 Å². The highest BCUT2D eigenvalue weighted by Gasteiger charge is 2.14. The van der Waals surface area contributed by atoms with Crippen molar-refractivity contribution < 1.29 is 19.0 Å². The summed E-state index contributed by atoms with van der Waals surface area (Å²) in [7, 11) is 6.51. The van der Waals surface area contributed by atoms with Crippen molar-refractivity contribution in [3.05, 3.63) is 65.4 Å². The van der Waals surface area contributed by atoms with Crippen molar-refractivity contribution in [2.45, 2.75) is 13.8 Å². The average Bonchev–Trinajstić information content (AvgIpc) is 2.85. The number of benzene rings is 2. The van der Waals surface area contributed by atoms with Crippen LogP contribution in [0.4, 0.5) is 22.9 Å². The molecule has 3 aromatic rings. The van der Waals surface area contributed by atoms with Crippen molar-refractivity contribution in [2.75, 3.05) is 44.3 Å². The van der Waals surface area contributed by atoms with E-state index in [-0.39, 0.29) is 5.91 Å². The maximum absolute atomic E-state index is 12.7. The van der Waals surface area contributed by atoms with Gasteiger partial charge in [0.2, 0.25) is 11.7 Å². The lowest BCUT2D eigenvalue weighted by Crippen LogP contribution is -2.11. The maximum Gasteiger partial charge on any atom is 0.248 e. The molecule has 0 spiro atoms. The summed E-state index contributed by atoms with van der Waals surface area (Å²) in [6.45, 7) is 3.95. The fourth-order valence-electron chi connectivity index (χ4n) is 3.57. The average molecular weight is 463 g/mol. The molecule has 34 heavy (non-hydrogen) atoms. The summed E-state index contributed by atoms with van der Waals surface area (Å²) in [5, 5.41) is 9.40. The van der Waals surface area contributed by atoms with Crippen LogP contribution in [0.2, 0.25) is 0 Å². The first kappa shape index (κ1) is 24.4. The summed E-state index contributed by atoms with van der Waals surface area (Å²) in [5.74, 6) is 1.87. The van der Waals surface area contributed by atoms with Gasteiger partial charge in [-0.05, 0) is 43.2 Å². The second-order valence-electron chi connectivity index (χ2n) is 7.50. The van der Waals surface area contributed by atoms with Gasteiger partial charge < -0.3 is 30.2 Å². The van der Waals surface area contributed by atoms with Gasteiger partial charge in [0, 0.05) is 42.7 Å². The zero-order chi connectivity index (χ0) is 24.7. The Balaban J connectivity index is 1.84. The van der Waals surface area contributed by atoms with Crippen LogP contribution in [-0.4, -0.2) is 39.3 Å². The van der Waals surface area contributed by atoms with Crippen LogP contribution in [0.15, 0.2) is 48.7 Å². The van der Waals surface area contributed by atoms with Crippen molar-refractivity contribution in [1.29, 1.82) is 0 Å². The number of aromatic nitrogens is 1. The van der Waals surface area contributed by atoms with Gasteiger partial charge in [0.25, 0.3) is 0 Å². The molecule has 0 aliphatic rings. The lowest BCUT2D eigenvalue weighted by molar-refractivity contribution is -0.111. The van der Waals surface area contributed by atoms with E-state index in [1.807, 2.05) is 45.2 Å². The second-order valence-corrected chi connectivity index (χ2v) is 7.50. The predicted molar refractivity (Wildman–Crippen MR) is 137 cm³/mol. The van der Waals surface area contributed by atoms with Gasteiger partial charge in [0.05, 0.1) is 32.7 Å². The summed E-state index contributed by atoms with van der Waals surface area (Å²) in [6.07, 6.45) is 4.87. The number of ether oxygens (including phenoxy) is 3. The molecular weight excluding hydrogens is 432 g/mol. The van der Waals surface area contributed by atoms with Crippen LogP contribution in [0.5, 0.6) is 17.2 Å². The molecule has 1 aromatic heterocycles. The van der Waals surface area contributed by atoms with E-state index in [9.17, 15) is 4.79 Å². The Hall–Kier alpha value is -4.20. The molecule has 0 saturated carbocycles. The number of pyridine rings is 1. The van der Waals surface area contributed by atoms with E-state index in [4.69, 9.17) is 14.2 Å². The molecule has 0 unspecified atom stereocenters. The van der Waals surface area contributed by atoms with Gasteiger partial charge >= 0.3 is 0 Å². The van der Waals surface area contributed by atoms with Crippen LogP contribution >= 0.6 is 0 Å². The van der Waals surface area contributed by atoms with Crippen molar-refractivity contribution >= 4 is 34.9 Å². The van der Waals surface area contributed by atoms with Crippen molar-refractivity contribution in [2.24, 2.45) is 0 Å². The van der Waals surface area contributed by atoms with Crippen molar-refractivity contribution in [3.63, 3.8) is 0 Å². The van der Waals surface area contributed by atoms with Crippen LogP contribution in [0.1, 0.15) is 16.7 Å². The van der Waals surface area contributed by atoms with E-state index < -0.39 is 0 Å². The van der Waals surface area contributed by atoms with Crippen LogP contribution in [0, 0.1) is 13.8 Å². The summed E-state index contributed by atoms with van der Waals surface area (Å²) < 4.78 is 16.2. The Labute approximate surface area is 200 Å². The molecule has 0 aliphatic heterocycles. The zero-order valence-corrected chi connectivity index (χ0v) is 20.3. The van der Waals surface area contributed by atoms with E-state index in [1.165, 1.54) is 6.08 Å². The van der Waals surface area contributed by atoms with Gasteiger partial charge in [-0.15, -0.1) is 0 Å². The smallest absolute Gasteiger partial charge is 0.248 e. The molecule has 1 heterocycles. The number of nitrogens with one attached hydrogen (secondary N) is 3. The fourth-order valence-corrected chi connectivity index (χ4v) is 3.57. The summed E-state index contributed by atoms with van der Waals surface area (Å²) >= 11 is 0. The van der Waals surface area contributed by atoms with Crippen LogP contribution < -0.4 is 30.2 Å². The summed E-state index contributed by atoms with van der Waals surface area (Å²) in [5.41, 5.74) is 5.12. The van der Waals surface area contributed by atoms with Gasteiger partial charge in [-0.3, -0.25) is 4.79 Å². The number of rotatable bonds is 9. The van der Waals surface area contributed by atoms with Crippen LogP contribution in [-0.2, 0) is 4.79 Å². The molecular formula is C26H30N4O4. The number of methoxy groups -OCH3 is 3. The molecule has 0 atom stereocenters. The molecule has 3 N–H and O–H groups in total. The highest BCUT2D eigenvalue weighted by atomic mass is 16.5. The quantitative estimate of drug-likeness (QED) is 0.378. The molecule has 0 radical (unpaired) electrons. The molecule has 2 aromatic carbocycles. The molecule has 3 rings (SSSR count). The van der Waals surface area contributed by atoms with Gasteiger partial charge in [0.15, 0.2) is 11.5 Å². The zero-order valence-electron chi connectivity index (χ0n) is 20.3. The first-order chi connectivity index (χ1) is 16.4. The Bertz CT molecular complexity index is 1180. The molecule has 8 nitrogen and oxygen atoms in total. The number of hydrogen-bond donors (Lipinski definition) is 3. The highest BCUT2D eigenvalue weighted by molar-refractivity contribution is 6.05. The van der Waals surface area contributed by atoms with E-state index in [0.717, 1.165) is 28.1 Å². The molecule has 1 amide bonds. The first-order valence-corrected chi connectivity index (χ1v) is 10.7. The van der Waals surface area contributed by atoms with E-state index in [0.29, 0.717) is 28.8 Å². The number of amides is 1. The molecule has 8 heteroatoms. The summed E-state index contributed by atoms with van der Waals surface area (Å²) in [4.78, 5) is 17.1. The number of aryl methyl sites for hydroxylation is 2. The first-order valence-electron chi connectivity index (χ1n) is 10.7. The number of carbonyl (C=O) groups is 1. The topological polar surface area (TPSA) is 93.7 Å². The number of anilines is 4. The lowest BCUT2D eigenvalue weighted by Gasteiger charge is -2.16. The fraction of sp³-hybridized carbons (Fsp3) is 0.231. The molecule has 0 aliphatic carbocycles. The SMILES string of the molecule is CNc1c(C)ccc(C)c1NC(=O)/C=C/c1cccnc1Nc1cc(OC)c(OC)c(OC)c1. The van der Waals surface area contributed by atoms with Crippen LogP contribution in [0.25, 0.3) is 6.08 Å². The third-order valence-electron chi connectivity index (χ3n) is 5.30. The number of carbonyl (C=O) groups excluding carboxylic acids is 1. The third kappa shape index (κ3) is 5.40. The minimum absolute atomic E-state index is 0.243. The lowest BCUT2D eigenvalue weighted by atomic mass is 10.1. The van der Waals surface area contributed by atoms with Gasteiger partial charge in [-0.1, -0.05) is 12.1 Å². The monoisotopic (exact) mass is 462 g/mol. The standard InChI is InChI=1S/C26H30N4O4/c1-16-9-10-17(2)24(23(16)27-3)30-22(31)12-11-18-8-7-13-28-26(18)29-19-14-20(32-4)25(34-6)21(15-19)33-5/h7-15,27H,1-6H3,(H,28,29)(H,30,31)/b12-11+. The van der Waals surface area contributed by atoms with Gasteiger partial charge in [-0.2, -0.15) is 0 Å². The third-order valence-corrected chi connectivity index (χ3v) is 5.30. The molecule has 0 saturated heterocycles. The Morgan fingerprint density at radius 1 is 0.941 bits per heavy atom. The van der Waals surface area contributed by atoms with E-state index >= 15 is 0 Å². The van der Waals surface area contributed by atoms with Crippen molar-refractivity contribution in [1.82, 2.24) is 4.98 Å². The second kappa shape index (κ2) is 11.1. The maximum atomic E-state index is 12.7. The highest BCUT2D eigenvalue weighted by Crippen LogP contribution is 2.40. The van der Waals surface area contributed by atoms with Gasteiger partial charge in [-0.25, -0.2) is 4.98 Å². The van der Waals surface area contributed by atoms with Crippen LogP contribution in [0.3, 0.4) is 0 Å². The largest absolute Gasteiger partial charge is 0.493 e. The van der Waals surface area contributed by atoms with E-state index in [1.54, 1.807) is 45.7 Å².